The van der Waals surface area contributed by atoms with E-state index in [1.807, 2.05) is 42.2 Å². The van der Waals surface area contributed by atoms with E-state index in [0.29, 0.717) is 17.4 Å². The predicted octanol–water partition coefficient (Wildman–Crippen LogP) is 3.39. The molecule has 5 aromatic rings. The fourth-order valence-electron chi connectivity index (χ4n) is 3.52. The molecule has 0 saturated heterocycles. The van der Waals surface area contributed by atoms with Crippen molar-refractivity contribution in [2.75, 3.05) is 0 Å². The van der Waals surface area contributed by atoms with Crippen LogP contribution in [0, 0.1) is 0 Å². The molecule has 0 saturated carbocycles. The highest BCUT2D eigenvalue weighted by Gasteiger charge is 2.08. The third-order valence-electron chi connectivity index (χ3n) is 4.91. The summed E-state index contributed by atoms with van der Waals surface area (Å²) < 4.78 is 3.45. The molecule has 0 atom stereocenters. The number of fused-ring (bicyclic) bond motifs is 2. The Morgan fingerprint density at radius 3 is 2.68 bits per heavy atom. The van der Waals surface area contributed by atoms with Crippen molar-refractivity contribution in [3.8, 4) is 11.1 Å². The minimum Gasteiger partial charge on any atom is -0.294 e. The summed E-state index contributed by atoms with van der Waals surface area (Å²) in [5.74, 6) is 0. The van der Waals surface area contributed by atoms with Crippen molar-refractivity contribution in [2.45, 2.75) is 6.54 Å². The van der Waals surface area contributed by atoms with Crippen molar-refractivity contribution in [3.05, 3.63) is 89.4 Å². The summed E-state index contributed by atoms with van der Waals surface area (Å²) in [6.45, 7) is 0.474. The number of pyridine rings is 1. The van der Waals surface area contributed by atoms with Crippen LogP contribution < -0.4 is 5.56 Å². The van der Waals surface area contributed by atoms with Crippen molar-refractivity contribution in [2.24, 2.45) is 7.05 Å². The van der Waals surface area contributed by atoms with Gasteiger partial charge in [-0.1, -0.05) is 36.4 Å². The Hall–Kier alpha value is -3.80. The molecule has 3 aromatic heterocycles. The summed E-state index contributed by atoms with van der Waals surface area (Å²) in [6.07, 6.45) is 6.84. The molecule has 0 aliphatic heterocycles. The van der Waals surface area contributed by atoms with E-state index >= 15 is 0 Å². The normalized spacial score (nSPS) is 11.3. The summed E-state index contributed by atoms with van der Waals surface area (Å²) in [7, 11) is 1.93. The molecule has 0 bridgehead atoms. The second kappa shape index (κ2) is 6.42. The van der Waals surface area contributed by atoms with Crippen molar-refractivity contribution < 1.29 is 0 Å². The van der Waals surface area contributed by atoms with Gasteiger partial charge in [0.15, 0.2) is 0 Å². The molecule has 6 nitrogen and oxygen atoms in total. The van der Waals surface area contributed by atoms with Crippen LogP contribution in [-0.4, -0.2) is 24.3 Å². The van der Waals surface area contributed by atoms with E-state index in [1.165, 1.54) is 0 Å². The van der Waals surface area contributed by atoms with Crippen molar-refractivity contribution in [3.63, 3.8) is 0 Å². The second-order valence-electron chi connectivity index (χ2n) is 6.81. The number of rotatable bonds is 3. The molecule has 0 spiro atoms. The molecule has 0 aliphatic rings. The van der Waals surface area contributed by atoms with Gasteiger partial charge < -0.3 is 0 Å². The molecule has 5 rings (SSSR count). The smallest absolute Gasteiger partial charge is 0.261 e. The number of aryl methyl sites for hydroxylation is 1. The highest BCUT2D eigenvalue weighted by Crippen LogP contribution is 2.28. The van der Waals surface area contributed by atoms with Crippen molar-refractivity contribution in [1.82, 2.24) is 24.3 Å². The van der Waals surface area contributed by atoms with Crippen LogP contribution in [0.4, 0.5) is 0 Å². The summed E-state index contributed by atoms with van der Waals surface area (Å²) in [5, 5.41) is 6.18. The number of nitrogens with zero attached hydrogens (tertiary/aromatic N) is 5. The molecule has 0 N–H and O–H groups in total. The molecule has 0 aliphatic carbocycles. The molecule has 3 heterocycles. The van der Waals surface area contributed by atoms with E-state index in [-0.39, 0.29) is 5.56 Å². The molecular weight excluding hydrogens is 350 g/mol. The van der Waals surface area contributed by atoms with Crippen LogP contribution >= 0.6 is 0 Å². The Labute approximate surface area is 160 Å². The summed E-state index contributed by atoms with van der Waals surface area (Å²) >= 11 is 0. The average molecular weight is 367 g/mol. The zero-order chi connectivity index (χ0) is 19.1. The number of hydrogen-bond acceptors (Lipinski definition) is 4. The first kappa shape index (κ1) is 16.4. The molecule has 6 heteroatoms. The van der Waals surface area contributed by atoms with Gasteiger partial charge in [-0.15, -0.1) is 0 Å². The quantitative estimate of drug-likeness (QED) is 0.490. The molecule has 2 aromatic carbocycles. The molecule has 0 unspecified atom stereocenters. The van der Waals surface area contributed by atoms with Gasteiger partial charge in [-0.05, 0) is 28.8 Å². The maximum absolute atomic E-state index is 12.7. The fourth-order valence-corrected chi connectivity index (χ4v) is 3.52. The third kappa shape index (κ3) is 2.75. The SMILES string of the molecule is Cn1cc2c(-c3ccc(Cn4cnc5cnccc5c4=O)cc3)cccc2n1. The Kier molecular flexibility index (Phi) is 3.76. The number of benzene rings is 2. The molecule has 28 heavy (non-hydrogen) atoms. The van der Waals surface area contributed by atoms with E-state index in [0.717, 1.165) is 27.6 Å². The Morgan fingerprint density at radius 2 is 1.82 bits per heavy atom. The van der Waals surface area contributed by atoms with Gasteiger partial charge in [0.2, 0.25) is 0 Å². The van der Waals surface area contributed by atoms with E-state index in [4.69, 9.17) is 0 Å². The lowest BCUT2D eigenvalue weighted by Gasteiger charge is -2.08. The molecule has 0 fully saturated rings. The van der Waals surface area contributed by atoms with Gasteiger partial charge in [0, 0.05) is 24.8 Å². The topological polar surface area (TPSA) is 65.6 Å². The Balaban J connectivity index is 1.49. The molecule has 0 radical (unpaired) electrons. The lowest BCUT2D eigenvalue weighted by atomic mass is 10.0. The first-order chi connectivity index (χ1) is 13.7. The first-order valence-electron chi connectivity index (χ1n) is 9.00. The lowest BCUT2D eigenvalue weighted by molar-refractivity contribution is 0.748. The highest BCUT2D eigenvalue weighted by molar-refractivity contribution is 5.94. The monoisotopic (exact) mass is 367 g/mol. The first-order valence-corrected chi connectivity index (χ1v) is 9.00. The zero-order valence-electron chi connectivity index (χ0n) is 15.3. The fraction of sp³-hybridized carbons (Fsp3) is 0.0909. The predicted molar refractivity (Wildman–Crippen MR) is 109 cm³/mol. The van der Waals surface area contributed by atoms with Crippen LogP contribution in [-0.2, 0) is 13.6 Å². The van der Waals surface area contributed by atoms with Crippen LogP contribution in [0.1, 0.15) is 5.56 Å². The number of hydrogen-bond donors (Lipinski definition) is 0. The van der Waals surface area contributed by atoms with Gasteiger partial charge in [-0.25, -0.2) is 4.98 Å². The highest BCUT2D eigenvalue weighted by atomic mass is 16.1. The standard InChI is InChI=1S/C22H17N5O/c1-26-13-19-17(3-2-4-20(19)25-26)16-7-5-15(6-8-16)12-27-14-24-21-11-23-10-9-18(21)22(27)28/h2-11,13-14H,12H2,1H3. The maximum Gasteiger partial charge on any atom is 0.261 e. The summed E-state index contributed by atoms with van der Waals surface area (Å²) in [4.78, 5) is 21.0. The average Bonchev–Trinajstić information content (AvgIpc) is 3.11. The van der Waals surface area contributed by atoms with Gasteiger partial charge in [0.25, 0.3) is 5.56 Å². The minimum atomic E-state index is -0.0587. The molecular formula is C22H17N5O. The van der Waals surface area contributed by atoms with Crippen LogP contribution in [0.15, 0.2) is 78.2 Å². The van der Waals surface area contributed by atoms with Crippen molar-refractivity contribution >= 4 is 21.8 Å². The number of aromatic nitrogens is 5. The largest absolute Gasteiger partial charge is 0.294 e. The van der Waals surface area contributed by atoms with Crippen LogP contribution in [0.25, 0.3) is 32.9 Å². The Morgan fingerprint density at radius 1 is 0.964 bits per heavy atom. The van der Waals surface area contributed by atoms with Gasteiger partial charge in [-0.3, -0.25) is 19.0 Å². The summed E-state index contributed by atoms with van der Waals surface area (Å²) in [5.41, 5.74) is 4.85. The lowest BCUT2D eigenvalue weighted by Crippen LogP contribution is -2.21. The van der Waals surface area contributed by atoms with E-state index < -0.39 is 0 Å². The van der Waals surface area contributed by atoms with Gasteiger partial charge in [0.1, 0.15) is 0 Å². The van der Waals surface area contributed by atoms with Gasteiger partial charge in [-0.2, -0.15) is 5.10 Å². The maximum atomic E-state index is 12.7. The molecule has 0 amide bonds. The van der Waals surface area contributed by atoms with Crippen LogP contribution in [0.5, 0.6) is 0 Å². The van der Waals surface area contributed by atoms with Gasteiger partial charge >= 0.3 is 0 Å². The van der Waals surface area contributed by atoms with E-state index in [9.17, 15) is 4.79 Å². The minimum absolute atomic E-state index is 0.0587. The summed E-state index contributed by atoms with van der Waals surface area (Å²) in [6, 6.07) is 16.1. The third-order valence-corrected chi connectivity index (χ3v) is 4.91. The van der Waals surface area contributed by atoms with Crippen LogP contribution in [0.3, 0.4) is 0 Å². The Bertz CT molecular complexity index is 1370. The van der Waals surface area contributed by atoms with E-state index in [1.54, 1.807) is 29.4 Å². The molecule has 136 valence electrons. The second-order valence-corrected chi connectivity index (χ2v) is 6.81. The zero-order valence-corrected chi connectivity index (χ0v) is 15.3. The van der Waals surface area contributed by atoms with E-state index in [2.05, 4.69) is 33.3 Å². The van der Waals surface area contributed by atoms with Crippen molar-refractivity contribution in [1.29, 1.82) is 0 Å². The van der Waals surface area contributed by atoms with Crippen LogP contribution in [0.2, 0.25) is 0 Å². The van der Waals surface area contributed by atoms with Gasteiger partial charge in [0.05, 0.1) is 35.5 Å².